The number of fused-ring (bicyclic) bond motifs is 1. The molecule has 1 saturated heterocycles. The predicted octanol–water partition coefficient (Wildman–Crippen LogP) is 3.26. The van der Waals surface area contributed by atoms with Gasteiger partial charge in [0.05, 0.1) is 12.0 Å². The smallest absolute Gasteiger partial charge is 0.355 e. The fourth-order valence-electron chi connectivity index (χ4n) is 4.03. The molecular formula is C26H25N3O8S. The molecule has 0 radical (unpaired) electrons. The number of non-ortho nitro benzene ring substituents is 1. The number of nitro benzene ring substituents is 1. The highest BCUT2D eigenvalue weighted by Crippen LogP contribution is 2.43. The van der Waals surface area contributed by atoms with Crippen LogP contribution < -0.4 is 4.74 Å². The summed E-state index contributed by atoms with van der Waals surface area (Å²) < 4.78 is 16.0. The van der Waals surface area contributed by atoms with E-state index in [0.29, 0.717) is 22.6 Å². The Morgan fingerprint density at radius 1 is 1.21 bits per heavy atom. The number of hydrogen-bond acceptors (Lipinski definition) is 10. The summed E-state index contributed by atoms with van der Waals surface area (Å²) in [7, 11) is 1.55. The third kappa shape index (κ3) is 5.70. The Labute approximate surface area is 222 Å². The van der Waals surface area contributed by atoms with Crippen LogP contribution in [0.5, 0.6) is 5.75 Å². The molecule has 0 bridgehead atoms. The Balaban J connectivity index is 1.53. The van der Waals surface area contributed by atoms with Crippen molar-refractivity contribution in [2.75, 3.05) is 12.9 Å². The maximum atomic E-state index is 13.3. The lowest BCUT2D eigenvalue weighted by Gasteiger charge is -2.48. The zero-order chi connectivity index (χ0) is 27.4. The quantitative estimate of drug-likeness (QED) is 0.155. The number of carbonyl (C=O) groups is 3. The number of nitro groups is 1. The van der Waals surface area contributed by atoms with Crippen molar-refractivity contribution in [1.82, 2.24) is 4.90 Å². The maximum absolute atomic E-state index is 13.3. The number of ether oxygens (including phenoxy) is 3. The molecule has 2 aromatic carbocycles. The van der Waals surface area contributed by atoms with Gasteiger partial charge in [-0.1, -0.05) is 12.1 Å². The van der Waals surface area contributed by atoms with Crippen molar-refractivity contribution >= 4 is 41.5 Å². The number of thioether (sulfide) groups is 1. The molecule has 4 rings (SSSR count). The summed E-state index contributed by atoms with van der Waals surface area (Å²) in [4.78, 5) is 54.1. The van der Waals surface area contributed by atoms with Crippen molar-refractivity contribution in [1.29, 1.82) is 0 Å². The normalized spacial score (nSPS) is 19.4. The van der Waals surface area contributed by atoms with Crippen LogP contribution >= 0.6 is 11.8 Å². The molecule has 3 atom stereocenters. The number of β-lactam (4-membered cyclic amide) rings is 1. The van der Waals surface area contributed by atoms with Gasteiger partial charge >= 0.3 is 11.9 Å². The van der Waals surface area contributed by atoms with E-state index < -0.39 is 40.3 Å². The second-order valence-electron chi connectivity index (χ2n) is 8.53. The summed E-state index contributed by atoms with van der Waals surface area (Å²) in [6, 6.07) is 12.1. The maximum Gasteiger partial charge on any atom is 0.355 e. The first-order valence-corrected chi connectivity index (χ1v) is 12.7. The van der Waals surface area contributed by atoms with E-state index in [-0.39, 0.29) is 18.0 Å². The lowest BCUT2D eigenvalue weighted by Crippen LogP contribution is -2.64. The molecule has 0 spiro atoms. The van der Waals surface area contributed by atoms with E-state index in [1.54, 1.807) is 38.3 Å². The van der Waals surface area contributed by atoms with Gasteiger partial charge in [-0.25, -0.2) is 4.79 Å². The molecule has 2 aliphatic heterocycles. The molecule has 1 fully saturated rings. The molecule has 38 heavy (non-hydrogen) atoms. The summed E-state index contributed by atoms with van der Waals surface area (Å²) in [6.45, 7) is 2.89. The first-order valence-electron chi connectivity index (χ1n) is 11.6. The molecule has 0 saturated carbocycles. The van der Waals surface area contributed by atoms with Gasteiger partial charge in [0.15, 0.2) is 6.04 Å². The fraction of sp³-hybridized carbons (Fsp3) is 0.308. The van der Waals surface area contributed by atoms with E-state index in [1.165, 1.54) is 54.1 Å². The Morgan fingerprint density at radius 3 is 2.50 bits per heavy atom. The van der Waals surface area contributed by atoms with Crippen molar-refractivity contribution < 1.29 is 33.5 Å². The number of hydrogen-bond donors (Lipinski definition) is 0. The van der Waals surface area contributed by atoms with Crippen LogP contribution in [0.1, 0.15) is 25.0 Å². The number of carbonyl (C=O) groups excluding carboxylic acids is 3. The van der Waals surface area contributed by atoms with E-state index in [4.69, 9.17) is 14.2 Å². The monoisotopic (exact) mass is 539 g/mol. The standard InChI is InChI=1S/C26H25N3O8S/c1-15(37-16(2)30)21-14-38-25-22(27-12-17-4-8-19(9-5-17)29(33)34)24(31)28(25)23(21)26(32)36-13-18-6-10-20(35-3)11-7-18/h4-12,15,22,25H,13-14H2,1-3H3/b27-12+/t15?,22-,25-/m1/s1. The number of rotatable bonds is 9. The van der Waals surface area contributed by atoms with Gasteiger partial charge in [-0.15, -0.1) is 11.8 Å². The molecule has 1 unspecified atom stereocenters. The van der Waals surface area contributed by atoms with Crippen molar-refractivity contribution in [2.45, 2.75) is 38.0 Å². The number of esters is 2. The predicted molar refractivity (Wildman–Crippen MR) is 139 cm³/mol. The highest BCUT2D eigenvalue weighted by molar-refractivity contribution is 8.00. The van der Waals surface area contributed by atoms with Crippen LogP contribution in [-0.2, 0) is 30.5 Å². The van der Waals surface area contributed by atoms with Gasteiger partial charge in [0.1, 0.15) is 29.5 Å². The lowest BCUT2D eigenvalue weighted by molar-refractivity contribution is -0.384. The van der Waals surface area contributed by atoms with Gasteiger partial charge in [-0.3, -0.25) is 29.6 Å². The van der Waals surface area contributed by atoms with Gasteiger partial charge in [0, 0.05) is 36.6 Å². The summed E-state index contributed by atoms with van der Waals surface area (Å²) >= 11 is 1.40. The van der Waals surface area contributed by atoms with Gasteiger partial charge in [-0.2, -0.15) is 0 Å². The summed E-state index contributed by atoms with van der Waals surface area (Å²) in [6.07, 6.45) is 0.743. The summed E-state index contributed by atoms with van der Waals surface area (Å²) in [5.41, 5.74) is 1.82. The van der Waals surface area contributed by atoms with Crippen molar-refractivity contribution in [2.24, 2.45) is 4.99 Å². The Kier molecular flexibility index (Phi) is 8.10. The Bertz CT molecular complexity index is 1310. The topological polar surface area (TPSA) is 138 Å². The van der Waals surface area contributed by atoms with Crippen LogP contribution in [-0.4, -0.2) is 64.3 Å². The minimum atomic E-state index is -0.745. The van der Waals surface area contributed by atoms with Crippen LogP contribution in [0.2, 0.25) is 0 Å². The Hall–Kier alpha value is -4.19. The van der Waals surface area contributed by atoms with Crippen LogP contribution in [0.25, 0.3) is 0 Å². The average molecular weight is 540 g/mol. The fourth-order valence-corrected chi connectivity index (χ4v) is 5.48. The van der Waals surface area contributed by atoms with E-state index in [2.05, 4.69) is 4.99 Å². The molecule has 0 N–H and O–H groups in total. The minimum Gasteiger partial charge on any atom is -0.497 e. The molecule has 1 amide bonds. The zero-order valence-corrected chi connectivity index (χ0v) is 21.7. The van der Waals surface area contributed by atoms with Crippen molar-refractivity contribution in [3.63, 3.8) is 0 Å². The summed E-state index contributed by atoms with van der Waals surface area (Å²) in [5, 5.41) is 10.4. The molecule has 198 valence electrons. The zero-order valence-electron chi connectivity index (χ0n) is 20.9. The second kappa shape index (κ2) is 11.5. The number of nitrogens with zero attached hydrogens (tertiary/aromatic N) is 3. The van der Waals surface area contributed by atoms with Crippen LogP contribution in [0, 0.1) is 10.1 Å². The van der Waals surface area contributed by atoms with E-state index in [1.807, 2.05) is 0 Å². The van der Waals surface area contributed by atoms with Gasteiger partial charge in [0.2, 0.25) is 0 Å². The number of benzene rings is 2. The molecule has 2 heterocycles. The first kappa shape index (κ1) is 26.9. The number of aliphatic imine (C=N–C) groups is 1. The highest BCUT2D eigenvalue weighted by Gasteiger charge is 2.54. The van der Waals surface area contributed by atoms with Gasteiger partial charge < -0.3 is 14.2 Å². The minimum absolute atomic E-state index is 0.0247. The van der Waals surface area contributed by atoms with Gasteiger partial charge in [-0.05, 0) is 42.3 Å². The molecular weight excluding hydrogens is 514 g/mol. The van der Waals surface area contributed by atoms with Crippen LogP contribution in [0.4, 0.5) is 5.69 Å². The lowest BCUT2D eigenvalue weighted by atomic mass is 10.0. The largest absolute Gasteiger partial charge is 0.497 e. The third-order valence-corrected chi connectivity index (χ3v) is 7.30. The number of amides is 1. The SMILES string of the molecule is COc1ccc(COC(=O)C2=C(C(C)OC(C)=O)CS[C@@H]3[C@H](/N=C/c4ccc([N+](=O)[O-])cc4)C(=O)N23)cc1. The van der Waals surface area contributed by atoms with Crippen molar-refractivity contribution in [3.05, 3.63) is 81.0 Å². The van der Waals surface area contributed by atoms with Crippen molar-refractivity contribution in [3.8, 4) is 5.75 Å². The molecule has 2 aliphatic rings. The van der Waals surface area contributed by atoms with E-state index in [0.717, 1.165) is 5.56 Å². The third-order valence-electron chi connectivity index (χ3n) is 6.01. The molecule has 0 aliphatic carbocycles. The van der Waals surface area contributed by atoms with E-state index in [9.17, 15) is 24.5 Å². The average Bonchev–Trinajstić information content (AvgIpc) is 2.91. The van der Waals surface area contributed by atoms with Gasteiger partial charge in [0.25, 0.3) is 11.6 Å². The van der Waals surface area contributed by atoms with Crippen LogP contribution in [0.3, 0.4) is 0 Å². The number of methoxy groups -OCH3 is 1. The Morgan fingerprint density at radius 2 is 1.89 bits per heavy atom. The molecule has 0 aromatic heterocycles. The second-order valence-corrected chi connectivity index (χ2v) is 9.64. The van der Waals surface area contributed by atoms with E-state index >= 15 is 0 Å². The molecule has 11 nitrogen and oxygen atoms in total. The highest BCUT2D eigenvalue weighted by atomic mass is 32.2. The summed E-state index contributed by atoms with van der Waals surface area (Å²) in [5.74, 6) is -0.613. The molecule has 12 heteroatoms. The first-order chi connectivity index (χ1) is 18.2. The van der Waals surface area contributed by atoms with Crippen LogP contribution in [0.15, 0.2) is 64.8 Å². The molecule has 2 aromatic rings.